The molecule has 0 aliphatic carbocycles. The maximum atomic E-state index is 5.35. The molecule has 0 saturated heterocycles. The summed E-state index contributed by atoms with van der Waals surface area (Å²) in [4.78, 5) is 0. The highest BCUT2D eigenvalue weighted by molar-refractivity contribution is 5.16. The summed E-state index contributed by atoms with van der Waals surface area (Å²) in [5.41, 5.74) is 0. The van der Waals surface area contributed by atoms with Gasteiger partial charge in [0.05, 0.1) is 12.6 Å². The van der Waals surface area contributed by atoms with Crippen molar-refractivity contribution in [3.05, 3.63) is 5.89 Å². The van der Waals surface area contributed by atoms with Crippen LogP contribution in [-0.4, -0.2) is 36.5 Å². The molecule has 1 atom stereocenters. The van der Waals surface area contributed by atoms with Crippen molar-refractivity contribution in [1.82, 2.24) is 15.5 Å². The maximum absolute atomic E-state index is 5.35. The minimum Gasteiger partial charge on any atom is -0.407 e. The van der Waals surface area contributed by atoms with Crippen LogP contribution in [0.5, 0.6) is 0 Å². The minimum absolute atomic E-state index is 0.134. The molecule has 15 heavy (non-hydrogen) atoms. The van der Waals surface area contributed by atoms with Crippen molar-refractivity contribution in [3.8, 4) is 0 Å². The lowest BCUT2D eigenvalue weighted by Gasteiger charge is -2.10. The number of anilines is 1. The Morgan fingerprint density at radius 1 is 1.47 bits per heavy atom. The van der Waals surface area contributed by atoms with Crippen molar-refractivity contribution in [2.45, 2.75) is 26.5 Å². The minimum atomic E-state index is 0.134. The van der Waals surface area contributed by atoms with Gasteiger partial charge >= 0.3 is 6.01 Å². The molecule has 1 aromatic heterocycles. The summed E-state index contributed by atoms with van der Waals surface area (Å²) in [6.07, 6.45) is 0.134. The van der Waals surface area contributed by atoms with Crippen LogP contribution in [-0.2, 0) is 11.3 Å². The zero-order valence-electron chi connectivity index (χ0n) is 9.41. The fourth-order valence-electron chi connectivity index (χ4n) is 1.12. The third kappa shape index (κ3) is 4.26. The van der Waals surface area contributed by atoms with Gasteiger partial charge in [-0.25, -0.2) is 0 Å². The molecule has 0 aliphatic rings. The third-order valence-corrected chi connectivity index (χ3v) is 1.79. The van der Waals surface area contributed by atoms with Crippen molar-refractivity contribution in [1.29, 1.82) is 0 Å². The summed E-state index contributed by atoms with van der Waals surface area (Å²) in [7, 11) is 1.83. The summed E-state index contributed by atoms with van der Waals surface area (Å²) < 4.78 is 10.7. The molecule has 6 nitrogen and oxygen atoms in total. The average Bonchev–Trinajstić information content (AvgIpc) is 2.64. The van der Waals surface area contributed by atoms with E-state index in [0.717, 1.165) is 0 Å². The Balaban J connectivity index is 2.30. The number of nitrogens with zero attached hydrogens (tertiary/aromatic N) is 2. The average molecular weight is 214 g/mol. The Bertz CT molecular complexity index is 277. The monoisotopic (exact) mass is 214 g/mol. The standard InChI is InChI=1S/C9H18N4O2/c1-4-14-7(2)5-11-9-13-12-8(15-9)6-10-3/h7,10H,4-6H2,1-3H3,(H,11,13). The molecule has 2 N–H and O–H groups in total. The Labute approximate surface area is 89.4 Å². The Hall–Kier alpha value is -1.14. The number of aromatic nitrogens is 2. The van der Waals surface area contributed by atoms with E-state index in [4.69, 9.17) is 9.15 Å². The van der Waals surface area contributed by atoms with Crippen LogP contribution in [0.3, 0.4) is 0 Å². The number of nitrogens with one attached hydrogen (secondary N) is 2. The van der Waals surface area contributed by atoms with Crippen LogP contribution >= 0.6 is 0 Å². The molecular formula is C9H18N4O2. The van der Waals surface area contributed by atoms with E-state index in [1.165, 1.54) is 0 Å². The Morgan fingerprint density at radius 2 is 2.27 bits per heavy atom. The van der Waals surface area contributed by atoms with Gasteiger partial charge in [0.1, 0.15) is 0 Å². The van der Waals surface area contributed by atoms with E-state index in [1.54, 1.807) is 0 Å². The highest BCUT2D eigenvalue weighted by Crippen LogP contribution is 2.05. The second kappa shape index (κ2) is 6.36. The molecule has 1 rings (SSSR count). The van der Waals surface area contributed by atoms with E-state index < -0.39 is 0 Å². The van der Waals surface area contributed by atoms with E-state index in [-0.39, 0.29) is 6.10 Å². The highest BCUT2D eigenvalue weighted by atomic mass is 16.5. The van der Waals surface area contributed by atoms with E-state index in [0.29, 0.717) is 31.6 Å². The van der Waals surface area contributed by atoms with Gasteiger partial charge in [0.2, 0.25) is 5.89 Å². The van der Waals surface area contributed by atoms with Gasteiger partial charge in [-0.05, 0) is 20.9 Å². The van der Waals surface area contributed by atoms with Crippen LogP contribution in [0.15, 0.2) is 4.42 Å². The van der Waals surface area contributed by atoms with Gasteiger partial charge < -0.3 is 19.8 Å². The van der Waals surface area contributed by atoms with Crippen LogP contribution in [0.1, 0.15) is 19.7 Å². The second-order valence-corrected chi connectivity index (χ2v) is 3.18. The van der Waals surface area contributed by atoms with Crippen LogP contribution in [0.2, 0.25) is 0 Å². The molecule has 0 radical (unpaired) electrons. The van der Waals surface area contributed by atoms with E-state index >= 15 is 0 Å². The van der Waals surface area contributed by atoms with Crippen LogP contribution < -0.4 is 10.6 Å². The Kier molecular flexibility index (Phi) is 5.06. The largest absolute Gasteiger partial charge is 0.407 e. The summed E-state index contributed by atoms with van der Waals surface area (Å²) in [5.74, 6) is 0.573. The van der Waals surface area contributed by atoms with Gasteiger partial charge in [0, 0.05) is 13.2 Å². The van der Waals surface area contributed by atoms with Crippen molar-refractivity contribution in [2.75, 3.05) is 25.5 Å². The van der Waals surface area contributed by atoms with Crippen molar-refractivity contribution in [3.63, 3.8) is 0 Å². The van der Waals surface area contributed by atoms with Crippen LogP contribution in [0, 0.1) is 0 Å². The summed E-state index contributed by atoms with van der Waals surface area (Å²) in [6.45, 7) is 5.90. The predicted octanol–water partition coefficient (Wildman–Crippen LogP) is 0.626. The normalized spacial score (nSPS) is 12.7. The molecular weight excluding hydrogens is 196 g/mol. The SMILES string of the molecule is CCOC(C)CNc1nnc(CNC)o1. The highest BCUT2D eigenvalue weighted by Gasteiger charge is 2.06. The van der Waals surface area contributed by atoms with Crippen molar-refractivity contribution < 1.29 is 9.15 Å². The van der Waals surface area contributed by atoms with Gasteiger partial charge in [0.15, 0.2) is 0 Å². The first-order valence-corrected chi connectivity index (χ1v) is 5.08. The molecule has 1 heterocycles. The Morgan fingerprint density at radius 3 is 2.93 bits per heavy atom. The molecule has 0 bridgehead atoms. The quantitative estimate of drug-likeness (QED) is 0.693. The van der Waals surface area contributed by atoms with E-state index in [2.05, 4.69) is 20.8 Å². The molecule has 0 fully saturated rings. The predicted molar refractivity (Wildman–Crippen MR) is 56.6 cm³/mol. The van der Waals surface area contributed by atoms with Gasteiger partial charge in [-0.1, -0.05) is 5.10 Å². The molecule has 0 amide bonds. The molecule has 1 aromatic rings. The first-order valence-electron chi connectivity index (χ1n) is 5.08. The molecule has 6 heteroatoms. The van der Waals surface area contributed by atoms with Gasteiger partial charge in [-0.3, -0.25) is 0 Å². The van der Waals surface area contributed by atoms with Crippen molar-refractivity contribution >= 4 is 6.01 Å². The lowest BCUT2D eigenvalue weighted by atomic mass is 10.4. The van der Waals surface area contributed by atoms with Crippen LogP contribution in [0.4, 0.5) is 6.01 Å². The van der Waals surface area contributed by atoms with Crippen molar-refractivity contribution in [2.24, 2.45) is 0 Å². The molecule has 0 aromatic carbocycles. The number of hydrogen-bond acceptors (Lipinski definition) is 6. The smallest absolute Gasteiger partial charge is 0.315 e. The third-order valence-electron chi connectivity index (χ3n) is 1.79. The zero-order chi connectivity index (χ0) is 11.1. The molecule has 86 valence electrons. The lowest BCUT2D eigenvalue weighted by Crippen LogP contribution is -2.19. The van der Waals surface area contributed by atoms with Gasteiger partial charge in [-0.15, -0.1) is 5.10 Å². The first-order chi connectivity index (χ1) is 7.26. The lowest BCUT2D eigenvalue weighted by molar-refractivity contribution is 0.0851. The number of hydrogen-bond donors (Lipinski definition) is 2. The molecule has 0 saturated carbocycles. The van der Waals surface area contributed by atoms with Gasteiger partial charge in [-0.2, -0.15) is 0 Å². The number of ether oxygens (including phenoxy) is 1. The fraction of sp³-hybridized carbons (Fsp3) is 0.778. The summed E-state index contributed by atoms with van der Waals surface area (Å²) in [6, 6.07) is 0.437. The fourth-order valence-corrected chi connectivity index (χ4v) is 1.12. The number of rotatable bonds is 7. The van der Waals surface area contributed by atoms with E-state index in [9.17, 15) is 0 Å². The summed E-state index contributed by atoms with van der Waals surface area (Å²) >= 11 is 0. The maximum Gasteiger partial charge on any atom is 0.315 e. The van der Waals surface area contributed by atoms with Gasteiger partial charge in [0.25, 0.3) is 0 Å². The topological polar surface area (TPSA) is 72.2 Å². The molecule has 0 aliphatic heterocycles. The summed E-state index contributed by atoms with van der Waals surface area (Å²) in [5, 5.41) is 13.6. The van der Waals surface area contributed by atoms with E-state index in [1.807, 2.05) is 20.9 Å². The zero-order valence-corrected chi connectivity index (χ0v) is 9.41. The molecule has 0 spiro atoms. The van der Waals surface area contributed by atoms with Crippen LogP contribution in [0.25, 0.3) is 0 Å². The molecule has 1 unspecified atom stereocenters. The first kappa shape index (κ1) is 11.9. The second-order valence-electron chi connectivity index (χ2n) is 3.18.